The van der Waals surface area contributed by atoms with E-state index >= 15 is 0 Å². The highest BCUT2D eigenvalue weighted by atomic mass is 35.5. The van der Waals surface area contributed by atoms with Crippen molar-refractivity contribution in [3.8, 4) is 28.1 Å². The number of nitrogens with one attached hydrogen (secondary N) is 2. The predicted octanol–water partition coefficient (Wildman–Crippen LogP) is 3.51. The van der Waals surface area contributed by atoms with Crippen molar-refractivity contribution in [3.05, 3.63) is 88.1 Å². The normalized spacial score (nSPS) is 14.7. The number of tetrazole rings is 1. The maximum atomic E-state index is 13.4. The summed E-state index contributed by atoms with van der Waals surface area (Å²) in [6, 6.07) is 12.8. The summed E-state index contributed by atoms with van der Waals surface area (Å²) in [5.74, 6) is 1.53. The maximum absolute atomic E-state index is 13.4. The number of hydrogen-bond donors (Lipinski definition) is 2. The summed E-state index contributed by atoms with van der Waals surface area (Å²) in [5.41, 5.74) is 4.99. The molecule has 4 aromatic heterocycles. The number of fused-ring (bicyclic) bond motifs is 1. The minimum atomic E-state index is -0.163. The van der Waals surface area contributed by atoms with Gasteiger partial charge in [0.25, 0.3) is 5.56 Å². The van der Waals surface area contributed by atoms with E-state index in [1.165, 1.54) is 6.33 Å². The molecule has 0 spiro atoms. The fourth-order valence-corrected chi connectivity index (χ4v) is 4.78. The van der Waals surface area contributed by atoms with E-state index in [2.05, 4.69) is 35.8 Å². The summed E-state index contributed by atoms with van der Waals surface area (Å²) in [5, 5.41) is 15.1. The Bertz CT molecular complexity index is 1590. The van der Waals surface area contributed by atoms with Gasteiger partial charge < -0.3 is 14.9 Å². The van der Waals surface area contributed by atoms with Crippen molar-refractivity contribution in [2.24, 2.45) is 0 Å². The molecule has 0 fully saturated rings. The van der Waals surface area contributed by atoms with E-state index in [1.54, 1.807) is 29.2 Å². The number of anilines is 1. The lowest BCUT2D eigenvalue weighted by Gasteiger charge is -2.15. The first-order valence-corrected chi connectivity index (χ1v) is 11.5. The average Bonchev–Trinajstić information content (AvgIpc) is 3.64. The maximum Gasteiger partial charge on any atom is 0.252 e. The van der Waals surface area contributed by atoms with Gasteiger partial charge in [-0.05, 0) is 65.2 Å². The lowest BCUT2D eigenvalue weighted by Crippen LogP contribution is -2.23. The van der Waals surface area contributed by atoms with Crippen LogP contribution in [0.1, 0.15) is 24.0 Å². The number of hydrogen-bond acceptors (Lipinski definition) is 7. The number of H-pyrrole nitrogens is 1. The Labute approximate surface area is 204 Å². The van der Waals surface area contributed by atoms with Crippen molar-refractivity contribution in [1.29, 1.82) is 0 Å². The summed E-state index contributed by atoms with van der Waals surface area (Å²) in [6.07, 6.45) is 6.59. The highest BCUT2D eigenvalue weighted by Gasteiger charge is 2.28. The molecule has 5 aromatic rings. The molecule has 1 aliphatic rings. The molecular formula is C24H20ClN9O. The van der Waals surface area contributed by atoms with E-state index in [0.717, 1.165) is 58.2 Å². The van der Waals surface area contributed by atoms with E-state index in [1.807, 2.05) is 41.9 Å². The monoisotopic (exact) mass is 485 g/mol. The van der Waals surface area contributed by atoms with Crippen molar-refractivity contribution >= 4 is 17.4 Å². The molecule has 0 radical (unpaired) electrons. The van der Waals surface area contributed by atoms with Crippen molar-refractivity contribution in [2.75, 3.05) is 12.4 Å². The van der Waals surface area contributed by atoms with Gasteiger partial charge in [-0.3, -0.25) is 4.79 Å². The minimum absolute atomic E-state index is 0.0954. The van der Waals surface area contributed by atoms with Gasteiger partial charge in [-0.2, -0.15) is 4.68 Å². The van der Waals surface area contributed by atoms with Crippen molar-refractivity contribution in [2.45, 2.75) is 18.9 Å². The Morgan fingerprint density at radius 2 is 2.03 bits per heavy atom. The fraction of sp³-hybridized carbons (Fsp3) is 0.167. The first-order valence-electron chi connectivity index (χ1n) is 11.1. The molecule has 0 saturated heterocycles. The first-order chi connectivity index (χ1) is 17.1. The third kappa shape index (κ3) is 3.77. The van der Waals surface area contributed by atoms with E-state index in [0.29, 0.717) is 5.02 Å². The van der Waals surface area contributed by atoms with Gasteiger partial charge in [0.2, 0.25) is 0 Å². The predicted molar refractivity (Wildman–Crippen MR) is 132 cm³/mol. The van der Waals surface area contributed by atoms with Crippen LogP contribution in [0.3, 0.4) is 0 Å². The van der Waals surface area contributed by atoms with Crippen LogP contribution in [0.15, 0.2) is 66.0 Å². The van der Waals surface area contributed by atoms with Crippen LogP contribution >= 0.6 is 11.6 Å². The highest BCUT2D eigenvalue weighted by Crippen LogP contribution is 2.34. The number of pyridine rings is 2. The van der Waals surface area contributed by atoms with Crippen molar-refractivity contribution in [3.63, 3.8) is 0 Å². The van der Waals surface area contributed by atoms with E-state index in [9.17, 15) is 4.79 Å². The van der Waals surface area contributed by atoms with Crippen LogP contribution in [-0.2, 0) is 6.42 Å². The van der Waals surface area contributed by atoms with Crippen LogP contribution in [-0.4, -0.2) is 46.8 Å². The Hall–Kier alpha value is -4.31. The van der Waals surface area contributed by atoms with E-state index < -0.39 is 0 Å². The molecule has 5 heterocycles. The second-order valence-electron chi connectivity index (χ2n) is 8.28. The molecule has 0 unspecified atom stereocenters. The molecule has 11 heteroatoms. The number of aromatic nitrogens is 8. The Morgan fingerprint density at radius 1 is 1.11 bits per heavy atom. The molecule has 10 nitrogen and oxygen atoms in total. The lowest BCUT2D eigenvalue weighted by molar-refractivity contribution is 0.572. The number of benzene rings is 1. The number of nitrogens with zero attached hydrogens (tertiary/aromatic N) is 7. The second kappa shape index (κ2) is 8.48. The van der Waals surface area contributed by atoms with Gasteiger partial charge in [0.1, 0.15) is 18.0 Å². The first kappa shape index (κ1) is 21.2. The molecule has 0 bridgehead atoms. The van der Waals surface area contributed by atoms with Crippen LogP contribution in [0.5, 0.6) is 0 Å². The van der Waals surface area contributed by atoms with Crippen LogP contribution in [0, 0.1) is 0 Å². The van der Waals surface area contributed by atoms with Crippen molar-refractivity contribution < 1.29 is 0 Å². The van der Waals surface area contributed by atoms with E-state index in [-0.39, 0.29) is 11.6 Å². The van der Waals surface area contributed by atoms with Gasteiger partial charge >= 0.3 is 0 Å². The highest BCUT2D eigenvalue weighted by molar-refractivity contribution is 6.31. The quantitative estimate of drug-likeness (QED) is 0.391. The van der Waals surface area contributed by atoms with Gasteiger partial charge in [-0.15, -0.1) is 5.10 Å². The molecule has 0 aliphatic carbocycles. The van der Waals surface area contributed by atoms with Gasteiger partial charge in [-0.1, -0.05) is 11.6 Å². The van der Waals surface area contributed by atoms with Gasteiger partial charge in [0, 0.05) is 41.2 Å². The average molecular weight is 486 g/mol. The Morgan fingerprint density at radius 3 is 2.86 bits per heavy atom. The number of aromatic amines is 1. The Balaban J connectivity index is 1.38. The topological polar surface area (TPSA) is 119 Å². The molecule has 2 N–H and O–H groups in total. The number of rotatable bonds is 5. The number of aryl methyl sites for hydroxylation is 1. The van der Waals surface area contributed by atoms with Crippen LogP contribution in [0.25, 0.3) is 28.1 Å². The SMILES string of the molecule is CNc1cc(-c2cnc([C@@H]3CCc4cc(-c5cc(Cl)ccc5-n5cnnn5)cc(=O)n43)[nH]2)ccn1. The summed E-state index contributed by atoms with van der Waals surface area (Å²) in [6.45, 7) is 0. The third-order valence-corrected chi connectivity index (χ3v) is 6.47. The molecular weight excluding hydrogens is 466 g/mol. The molecule has 35 heavy (non-hydrogen) atoms. The minimum Gasteiger partial charge on any atom is -0.373 e. The molecule has 0 amide bonds. The molecule has 174 valence electrons. The Kier molecular flexibility index (Phi) is 5.14. The second-order valence-corrected chi connectivity index (χ2v) is 8.71. The lowest BCUT2D eigenvalue weighted by atomic mass is 10.0. The molecule has 6 rings (SSSR count). The van der Waals surface area contributed by atoms with Gasteiger partial charge in [0.05, 0.1) is 23.6 Å². The zero-order chi connectivity index (χ0) is 23.9. The van der Waals surface area contributed by atoms with Crippen LogP contribution in [0.2, 0.25) is 5.02 Å². The molecule has 1 aliphatic heterocycles. The van der Waals surface area contributed by atoms with Crippen LogP contribution < -0.4 is 10.9 Å². The summed E-state index contributed by atoms with van der Waals surface area (Å²) in [4.78, 5) is 25.6. The molecule has 1 aromatic carbocycles. The molecule has 0 saturated carbocycles. The molecule has 1 atom stereocenters. The van der Waals surface area contributed by atoms with Gasteiger partial charge in [0.15, 0.2) is 0 Å². The number of halogens is 1. The standard InChI is InChI=1S/C24H20ClN9O/c1-26-22-9-14(6-7-27-22)19-12-28-24(30-19)21-5-3-17-8-15(10-23(35)34(17)21)18-11-16(25)2-4-20(18)33-13-29-31-32-33/h2,4,6-13,21H,3,5H2,1H3,(H,26,27)(H,28,30)/t21-/m0/s1. The summed E-state index contributed by atoms with van der Waals surface area (Å²) < 4.78 is 3.38. The zero-order valence-electron chi connectivity index (χ0n) is 18.7. The van der Waals surface area contributed by atoms with Crippen LogP contribution in [0.4, 0.5) is 5.82 Å². The summed E-state index contributed by atoms with van der Waals surface area (Å²) >= 11 is 6.30. The fourth-order valence-electron chi connectivity index (χ4n) is 4.61. The van der Waals surface area contributed by atoms with Crippen molar-refractivity contribution in [1.82, 2.24) is 39.7 Å². The smallest absolute Gasteiger partial charge is 0.252 e. The largest absolute Gasteiger partial charge is 0.373 e. The zero-order valence-corrected chi connectivity index (χ0v) is 19.4. The third-order valence-electron chi connectivity index (χ3n) is 6.24. The van der Waals surface area contributed by atoms with E-state index in [4.69, 9.17) is 11.6 Å². The van der Waals surface area contributed by atoms with Gasteiger partial charge in [-0.25, -0.2) is 9.97 Å². The number of imidazole rings is 1. The summed E-state index contributed by atoms with van der Waals surface area (Å²) in [7, 11) is 1.83.